The van der Waals surface area contributed by atoms with Crippen LogP contribution in [0.2, 0.25) is 10.0 Å². The van der Waals surface area contributed by atoms with Gasteiger partial charge >= 0.3 is 0 Å². The Kier molecular flexibility index (Phi) is 5.17. The predicted molar refractivity (Wildman–Crippen MR) is 112 cm³/mol. The normalized spacial score (nSPS) is 11.9. The zero-order chi connectivity index (χ0) is 19.7. The number of amides is 1. The maximum atomic E-state index is 12.7. The molecule has 0 aliphatic rings. The fourth-order valence-electron chi connectivity index (χ4n) is 2.81. The molecule has 2 aromatic heterocycles. The Morgan fingerprint density at radius 2 is 2.00 bits per heavy atom. The Labute approximate surface area is 173 Å². The highest BCUT2D eigenvalue weighted by Crippen LogP contribution is 2.21. The number of halogens is 2. The van der Waals surface area contributed by atoms with E-state index < -0.39 is 5.91 Å². The second kappa shape index (κ2) is 7.75. The lowest BCUT2D eigenvalue weighted by atomic mass is 10.1. The van der Waals surface area contributed by atoms with Crippen molar-refractivity contribution in [3.63, 3.8) is 0 Å². The highest BCUT2D eigenvalue weighted by molar-refractivity contribution is 7.07. The molecule has 4 rings (SSSR count). The Morgan fingerprint density at radius 1 is 1.18 bits per heavy atom. The largest absolute Gasteiger partial charge is 0.360 e. The number of hydrogen-bond donors (Lipinski definition) is 1. The number of nitrogens with one attached hydrogen (secondary N) is 1. The van der Waals surface area contributed by atoms with Crippen LogP contribution in [0, 0.1) is 0 Å². The molecule has 0 fully saturated rings. The molecule has 1 N–H and O–H groups in total. The number of carbonyl (C=O) groups excluding carboxylic acids is 1. The molecule has 0 saturated heterocycles. The van der Waals surface area contributed by atoms with Crippen LogP contribution in [0.1, 0.15) is 15.9 Å². The minimum atomic E-state index is -0.592. The van der Waals surface area contributed by atoms with E-state index in [1.165, 1.54) is 17.5 Å². The molecule has 8 heteroatoms. The number of hydrogen-bond acceptors (Lipinski definition) is 3. The van der Waals surface area contributed by atoms with Crippen LogP contribution in [0.15, 0.2) is 70.0 Å². The van der Waals surface area contributed by atoms with Gasteiger partial charge in [-0.3, -0.25) is 9.59 Å². The van der Waals surface area contributed by atoms with Crippen LogP contribution in [-0.2, 0) is 6.54 Å². The first-order valence-electron chi connectivity index (χ1n) is 8.30. The second-order valence-electron chi connectivity index (χ2n) is 6.04. The van der Waals surface area contributed by atoms with Crippen molar-refractivity contribution in [3.05, 3.63) is 96.4 Å². The fourth-order valence-corrected chi connectivity index (χ4v) is 4.01. The summed E-state index contributed by atoms with van der Waals surface area (Å²) in [5, 5.41) is 3.37. The molecule has 4 aromatic rings. The maximum absolute atomic E-state index is 12.7. The van der Waals surface area contributed by atoms with Crippen molar-refractivity contribution in [1.29, 1.82) is 0 Å². The van der Waals surface area contributed by atoms with Gasteiger partial charge in [-0.2, -0.15) is 4.99 Å². The van der Waals surface area contributed by atoms with Crippen LogP contribution in [0.25, 0.3) is 10.9 Å². The Balaban J connectivity index is 1.71. The number of thiazole rings is 1. The van der Waals surface area contributed by atoms with Crippen molar-refractivity contribution in [3.8, 4) is 0 Å². The predicted octanol–water partition coefficient (Wildman–Crippen LogP) is 4.49. The van der Waals surface area contributed by atoms with Crippen LogP contribution < -0.4 is 10.2 Å². The summed E-state index contributed by atoms with van der Waals surface area (Å²) < 4.78 is 1.80. The number of H-pyrrole nitrogens is 1. The summed E-state index contributed by atoms with van der Waals surface area (Å²) in [6.45, 7) is 0.430. The van der Waals surface area contributed by atoms with E-state index in [1.807, 2.05) is 23.7 Å². The first-order valence-corrected chi connectivity index (χ1v) is 9.94. The standard InChI is InChI=1S/C20H13Cl2N3O2S/c21-13-6-5-12(16(22)9-13)11-25-7-8-28-20(25)24-19(27)15-10-23-17-4-2-1-3-14(17)18(15)26/h1-10H,11H2,(H,23,26). The summed E-state index contributed by atoms with van der Waals surface area (Å²) in [5.74, 6) is -0.592. The van der Waals surface area contributed by atoms with Crippen LogP contribution >= 0.6 is 34.5 Å². The Morgan fingerprint density at radius 3 is 2.82 bits per heavy atom. The summed E-state index contributed by atoms with van der Waals surface area (Å²) >= 11 is 13.5. The molecule has 0 radical (unpaired) electrons. The van der Waals surface area contributed by atoms with Crippen LogP contribution in [0.4, 0.5) is 0 Å². The summed E-state index contributed by atoms with van der Waals surface area (Å²) in [5.41, 5.74) is 1.18. The Bertz CT molecular complexity index is 1320. The molecule has 2 heterocycles. The van der Waals surface area contributed by atoms with E-state index in [2.05, 4.69) is 9.98 Å². The quantitative estimate of drug-likeness (QED) is 0.521. The van der Waals surface area contributed by atoms with Crippen molar-refractivity contribution in [2.75, 3.05) is 0 Å². The molecular weight excluding hydrogens is 417 g/mol. The fraction of sp³-hybridized carbons (Fsp3) is 0.0500. The first-order chi connectivity index (χ1) is 13.5. The van der Waals surface area contributed by atoms with E-state index in [0.29, 0.717) is 32.3 Å². The molecule has 0 spiro atoms. The zero-order valence-electron chi connectivity index (χ0n) is 14.4. The number of para-hydroxylation sites is 1. The van der Waals surface area contributed by atoms with Gasteiger partial charge in [-0.05, 0) is 29.8 Å². The van der Waals surface area contributed by atoms with Gasteiger partial charge < -0.3 is 9.55 Å². The van der Waals surface area contributed by atoms with E-state index in [-0.39, 0.29) is 11.0 Å². The molecule has 2 aromatic carbocycles. The van der Waals surface area contributed by atoms with Crippen LogP contribution in [0.5, 0.6) is 0 Å². The molecule has 5 nitrogen and oxygen atoms in total. The van der Waals surface area contributed by atoms with Crippen LogP contribution in [0.3, 0.4) is 0 Å². The van der Waals surface area contributed by atoms with Gasteiger partial charge in [-0.15, -0.1) is 11.3 Å². The summed E-state index contributed by atoms with van der Waals surface area (Å²) in [6, 6.07) is 12.3. The monoisotopic (exact) mass is 429 g/mol. The van der Waals surface area contributed by atoms with Crippen molar-refractivity contribution in [1.82, 2.24) is 9.55 Å². The van der Waals surface area contributed by atoms with Crippen molar-refractivity contribution >= 4 is 51.3 Å². The minimum absolute atomic E-state index is 0.00294. The lowest BCUT2D eigenvalue weighted by Gasteiger charge is -2.06. The minimum Gasteiger partial charge on any atom is -0.360 e. The number of aromatic nitrogens is 2. The average Bonchev–Trinajstić information content (AvgIpc) is 3.11. The topological polar surface area (TPSA) is 67.2 Å². The number of aromatic amines is 1. The third kappa shape index (κ3) is 3.67. The maximum Gasteiger partial charge on any atom is 0.285 e. The smallest absolute Gasteiger partial charge is 0.285 e. The van der Waals surface area contributed by atoms with Crippen LogP contribution in [-0.4, -0.2) is 15.5 Å². The molecule has 1 amide bonds. The second-order valence-corrected chi connectivity index (χ2v) is 7.76. The lowest BCUT2D eigenvalue weighted by Crippen LogP contribution is -2.20. The first kappa shape index (κ1) is 18.7. The molecule has 0 aliphatic heterocycles. The molecule has 0 unspecified atom stereocenters. The molecule has 0 bridgehead atoms. The SMILES string of the molecule is O=C(N=c1sccn1Cc1ccc(Cl)cc1Cl)c1c[nH]c2ccccc2c1=O. The summed E-state index contributed by atoms with van der Waals surface area (Å²) in [7, 11) is 0. The van der Waals surface area contributed by atoms with Gasteiger partial charge in [0.2, 0.25) is 5.43 Å². The van der Waals surface area contributed by atoms with Gasteiger partial charge in [-0.1, -0.05) is 41.4 Å². The molecular formula is C20H13Cl2N3O2S. The van der Waals surface area contributed by atoms with E-state index in [1.54, 1.807) is 34.9 Å². The zero-order valence-corrected chi connectivity index (χ0v) is 16.7. The summed E-state index contributed by atoms with van der Waals surface area (Å²) in [6.07, 6.45) is 3.22. The van der Waals surface area contributed by atoms with Gasteiger partial charge in [0.1, 0.15) is 5.56 Å². The van der Waals surface area contributed by atoms with E-state index in [0.717, 1.165) is 5.56 Å². The van der Waals surface area contributed by atoms with E-state index in [4.69, 9.17) is 23.2 Å². The number of fused-ring (bicyclic) bond motifs is 1. The number of benzene rings is 2. The van der Waals surface area contributed by atoms with Crippen molar-refractivity contribution in [2.45, 2.75) is 6.54 Å². The summed E-state index contributed by atoms with van der Waals surface area (Å²) in [4.78, 5) is 32.9. The van der Waals surface area contributed by atoms with Gasteiger partial charge in [0, 0.05) is 38.7 Å². The van der Waals surface area contributed by atoms with Gasteiger partial charge in [-0.25, -0.2) is 0 Å². The molecule has 0 saturated carbocycles. The highest BCUT2D eigenvalue weighted by atomic mass is 35.5. The average molecular weight is 430 g/mol. The molecule has 28 heavy (non-hydrogen) atoms. The van der Waals surface area contributed by atoms with Gasteiger partial charge in [0.15, 0.2) is 4.80 Å². The Hall–Kier alpha value is -2.67. The van der Waals surface area contributed by atoms with Crippen molar-refractivity contribution < 1.29 is 4.79 Å². The number of rotatable bonds is 3. The van der Waals surface area contributed by atoms with E-state index in [9.17, 15) is 9.59 Å². The highest BCUT2D eigenvalue weighted by Gasteiger charge is 2.13. The number of pyridine rings is 1. The van der Waals surface area contributed by atoms with Gasteiger partial charge in [0.25, 0.3) is 5.91 Å². The third-order valence-electron chi connectivity index (χ3n) is 4.23. The molecule has 140 valence electrons. The number of carbonyl (C=O) groups is 1. The third-order valence-corrected chi connectivity index (χ3v) is 5.61. The van der Waals surface area contributed by atoms with E-state index >= 15 is 0 Å². The number of nitrogens with zero attached hydrogens (tertiary/aromatic N) is 2. The molecule has 0 atom stereocenters. The molecule has 0 aliphatic carbocycles. The van der Waals surface area contributed by atoms with Crippen molar-refractivity contribution in [2.24, 2.45) is 4.99 Å². The van der Waals surface area contributed by atoms with Gasteiger partial charge in [0.05, 0.1) is 6.54 Å². The lowest BCUT2D eigenvalue weighted by molar-refractivity contribution is 0.0996.